The third-order valence-corrected chi connectivity index (χ3v) is 5.19. The van der Waals surface area contributed by atoms with Gasteiger partial charge in [0.2, 0.25) is 11.5 Å². The summed E-state index contributed by atoms with van der Waals surface area (Å²) in [7, 11) is 1.91. The largest absolute Gasteiger partial charge is 0.478 e. The molecule has 0 radical (unpaired) electrons. The van der Waals surface area contributed by atoms with Crippen molar-refractivity contribution in [2.45, 2.75) is 45.3 Å². The van der Waals surface area contributed by atoms with Gasteiger partial charge in [-0.15, -0.1) is 0 Å². The molecule has 6 nitrogen and oxygen atoms in total. The van der Waals surface area contributed by atoms with Crippen molar-refractivity contribution >= 4 is 11.9 Å². The minimum absolute atomic E-state index is 0.0410. The zero-order valence-electron chi connectivity index (χ0n) is 15.5. The molecule has 0 aliphatic carbocycles. The third-order valence-electron chi connectivity index (χ3n) is 5.19. The Morgan fingerprint density at radius 2 is 1.92 bits per heavy atom. The Labute approximate surface area is 149 Å². The van der Waals surface area contributed by atoms with Crippen LogP contribution in [-0.2, 0) is 9.59 Å². The summed E-state index contributed by atoms with van der Waals surface area (Å²) in [6.07, 6.45) is 0.565. The smallest absolute Gasteiger partial charge is 0.348 e. The van der Waals surface area contributed by atoms with Crippen LogP contribution >= 0.6 is 0 Å². The third kappa shape index (κ3) is 4.12. The fourth-order valence-corrected chi connectivity index (χ4v) is 3.06. The Morgan fingerprint density at radius 1 is 1.32 bits per heavy atom. The van der Waals surface area contributed by atoms with Crippen LogP contribution in [0.5, 0.6) is 5.75 Å². The molecule has 1 heterocycles. The van der Waals surface area contributed by atoms with Crippen LogP contribution in [0.3, 0.4) is 0 Å². The van der Waals surface area contributed by atoms with Crippen LogP contribution in [0, 0.1) is 6.92 Å². The second-order valence-electron chi connectivity index (χ2n) is 6.74. The topological polar surface area (TPSA) is 70.1 Å². The van der Waals surface area contributed by atoms with E-state index in [-0.39, 0.29) is 24.8 Å². The zero-order valence-corrected chi connectivity index (χ0v) is 15.5. The zero-order chi connectivity index (χ0) is 18.6. The van der Waals surface area contributed by atoms with Crippen LogP contribution in [0.15, 0.2) is 24.3 Å². The molecule has 0 spiro atoms. The van der Waals surface area contributed by atoms with Gasteiger partial charge in [0.05, 0.1) is 6.04 Å². The normalized spacial score (nSPS) is 18.0. The maximum atomic E-state index is 12.6. The quantitative estimate of drug-likeness (QED) is 0.853. The van der Waals surface area contributed by atoms with Crippen molar-refractivity contribution in [2.75, 3.05) is 26.7 Å². The van der Waals surface area contributed by atoms with Crippen molar-refractivity contribution in [1.29, 1.82) is 0 Å². The Kier molecular flexibility index (Phi) is 6.06. The summed E-state index contributed by atoms with van der Waals surface area (Å²) in [4.78, 5) is 28.2. The molecule has 0 saturated carbocycles. The van der Waals surface area contributed by atoms with Crippen molar-refractivity contribution < 1.29 is 19.4 Å². The average Bonchev–Trinajstić information content (AvgIpc) is 2.62. The van der Waals surface area contributed by atoms with Gasteiger partial charge < -0.3 is 14.7 Å². The number of benzene rings is 1. The Morgan fingerprint density at radius 3 is 2.44 bits per heavy atom. The van der Waals surface area contributed by atoms with Gasteiger partial charge in [0.15, 0.2) is 0 Å². The van der Waals surface area contributed by atoms with E-state index in [0.29, 0.717) is 18.8 Å². The van der Waals surface area contributed by atoms with Crippen LogP contribution in [0.1, 0.15) is 32.3 Å². The number of rotatable bonds is 6. The molecule has 1 atom stereocenters. The molecule has 25 heavy (non-hydrogen) atoms. The number of carboxylic acids is 1. The second-order valence-corrected chi connectivity index (χ2v) is 6.74. The van der Waals surface area contributed by atoms with Crippen LogP contribution in [0.2, 0.25) is 0 Å². The number of ether oxygens (including phenoxy) is 1. The van der Waals surface area contributed by atoms with Gasteiger partial charge in [0.25, 0.3) is 0 Å². The van der Waals surface area contributed by atoms with E-state index in [0.717, 1.165) is 12.1 Å². The maximum Gasteiger partial charge on any atom is 0.348 e. The number of nitrogens with zero attached hydrogens (tertiary/aromatic N) is 2. The molecule has 0 unspecified atom stereocenters. The highest BCUT2D eigenvalue weighted by Crippen LogP contribution is 2.31. The van der Waals surface area contributed by atoms with Crippen molar-refractivity contribution in [2.24, 2.45) is 0 Å². The summed E-state index contributed by atoms with van der Waals surface area (Å²) in [6, 6.07) is 7.20. The number of aryl methyl sites for hydroxylation is 1. The fraction of sp³-hybridized carbons (Fsp3) is 0.579. The summed E-state index contributed by atoms with van der Waals surface area (Å²) in [5.74, 6) is -0.343. The molecule has 1 fully saturated rings. The van der Waals surface area contributed by atoms with E-state index >= 15 is 0 Å². The van der Waals surface area contributed by atoms with E-state index < -0.39 is 11.6 Å². The lowest BCUT2D eigenvalue weighted by Crippen LogP contribution is -2.56. The molecular weight excluding hydrogens is 320 g/mol. The number of carbonyl (C=O) groups is 2. The number of hydrogen-bond donors (Lipinski definition) is 1. The number of amides is 1. The molecule has 2 rings (SSSR count). The number of para-hydroxylation sites is 1. The number of piperidine rings is 1. The van der Waals surface area contributed by atoms with E-state index in [1.54, 1.807) is 11.0 Å². The first-order valence-corrected chi connectivity index (χ1v) is 8.78. The Bertz CT molecular complexity index is 624. The molecule has 1 saturated heterocycles. The molecule has 138 valence electrons. The summed E-state index contributed by atoms with van der Waals surface area (Å²) >= 11 is 0. The molecule has 1 aliphatic heterocycles. The van der Waals surface area contributed by atoms with Crippen LogP contribution in [-0.4, -0.2) is 65.1 Å². The first-order chi connectivity index (χ1) is 11.8. The predicted molar refractivity (Wildman–Crippen MR) is 95.8 cm³/mol. The summed E-state index contributed by atoms with van der Waals surface area (Å²) in [5, 5.41) is 9.76. The number of likely N-dealkylation sites (N-methyl/N-ethyl adjacent to an activating group) is 1. The number of hydrogen-bond acceptors (Lipinski definition) is 4. The first-order valence-electron chi connectivity index (χ1n) is 8.78. The molecule has 6 heteroatoms. The molecular formula is C19H28N2O4. The Balaban J connectivity index is 2.09. The molecule has 1 aliphatic rings. The fourth-order valence-electron chi connectivity index (χ4n) is 3.06. The van der Waals surface area contributed by atoms with Crippen LogP contribution < -0.4 is 4.74 Å². The summed E-state index contributed by atoms with van der Waals surface area (Å²) in [6.45, 7) is 7.35. The van der Waals surface area contributed by atoms with E-state index in [2.05, 4.69) is 0 Å². The monoisotopic (exact) mass is 348 g/mol. The average molecular weight is 348 g/mol. The standard InChI is InChI=1S/C19H28N2O4/c1-5-20(4)15(3)17(22)21-12-10-19(11-13-21,18(23)24)25-16-9-7-6-8-14(16)2/h6-9,15H,5,10-13H2,1-4H3,(H,23,24)/t15-/m0/s1. The summed E-state index contributed by atoms with van der Waals surface area (Å²) in [5.41, 5.74) is -0.372. The van der Waals surface area contributed by atoms with Crippen molar-refractivity contribution in [3.05, 3.63) is 29.8 Å². The van der Waals surface area contributed by atoms with Gasteiger partial charge in [0, 0.05) is 25.9 Å². The molecule has 1 aromatic carbocycles. The van der Waals surface area contributed by atoms with Crippen molar-refractivity contribution in [1.82, 2.24) is 9.80 Å². The highest BCUT2D eigenvalue weighted by molar-refractivity contribution is 5.83. The van der Waals surface area contributed by atoms with Crippen LogP contribution in [0.25, 0.3) is 0 Å². The van der Waals surface area contributed by atoms with Gasteiger partial charge in [-0.3, -0.25) is 9.69 Å². The van der Waals surface area contributed by atoms with E-state index in [9.17, 15) is 14.7 Å². The molecule has 1 N–H and O–H groups in total. The summed E-state index contributed by atoms with van der Waals surface area (Å²) < 4.78 is 5.94. The predicted octanol–water partition coefficient (Wildman–Crippen LogP) is 2.16. The van der Waals surface area contributed by atoms with Crippen molar-refractivity contribution in [3.63, 3.8) is 0 Å². The maximum absolute atomic E-state index is 12.6. The highest BCUT2D eigenvalue weighted by Gasteiger charge is 2.45. The minimum atomic E-state index is -1.28. The van der Waals surface area contributed by atoms with E-state index in [4.69, 9.17) is 4.74 Å². The molecule has 0 bridgehead atoms. The van der Waals surface area contributed by atoms with Gasteiger partial charge in [-0.2, -0.15) is 0 Å². The highest BCUT2D eigenvalue weighted by atomic mass is 16.5. The second kappa shape index (κ2) is 7.87. The number of likely N-dealkylation sites (tertiary alicyclic amines) is 1. The van der Waals surface area contributed by atoms with Gasteiger partial charge in [-0.05, 0) is 39.1 Å². The van der Waals surface area contributed by atoms with Gasteiger partial charge in [-0.25, -0.2) is 4.79 Å². The van der Waals surface area contributed by atoms with Crippen LogP contribution in [0.4, 0.5) is 0 Å². The molecule has 1 amide bonds. The molecule has 1 aromatic rings. The van der Waals surface area contributed by atoms with E-state index in [1.165, 1.54) is 0 Å². The first kappa shape index (κ1) is 19.2. The SMILES string of the molecule is CCN(C)[C@@H](C)C(=O)N1CCC(Oc2ccccc2C)(C(=O)O)CC1. The minimum Gasteiger partial charge on any atom is -0.478 e. The van der Waals surface area contributed by atoms with Gasteiger partial charge in [0.1, 0.15) is 5.75 Å². The lowest BCUT2D eigenvalue weighted by molar-refractivity contribution is -0.162. The number of carbonyl (C=O) groups excluding carboxylic acids is 1. The lowest BCUT2D eigenvalue weighted by atomic mass is 9.90. The van der Waals surface area contributed by atoms with Crippen molar-refractivity contribution in [3.8, 4) is 5.75 Å². The Hall–Kier alpha value is -2.08. The van der Waals surface area contributed by atoms with Gasteiger partial charge in [-0.1, -0.05) is 25.1 Å². The van der Waals surface area contributed by atoms with E-state index in [1.807, 2.05) is 50.9 Å². The number of carboxylic acid groups (broad SMARTS) is 1. The number of aliphatic carboxylic acids is 1. The lowest BCUT2D eigenvalue weighted by Gasteiger charge is -2.40. The molecule has 0 aromatic heterocycles. The van der Waals surface area contributed by atoms with Gasteiger partial charge >= 0.3 is 5.97 Å².